The van der Waals surface area contributed by atoms with Crippen LogP contribution in [-0.4, -0.2) is 13.2 Å². The molecule has 56 valence electrons. The monoisotopic (exact) mass is 162 g/mol. The van der Waals surface area contributed by atoms with E-state index in [-0.39, 0.29) is 0 Å². The molecule has 0 amide bonds. The van der Waals surface area contributed by atoms with Gasteiger partial charge in [-0.15, -0.1) is 0 Å². The lowest BCUT2D eigenvalue weighted by Gasteiger charge is -2.02. The van der Waals surface area contributed by atoms with Gasteiger partial charge in [-0.1, -0.05) is 5.92 Å². The highest BCUT2D eigenvalue weighted by Gasteiger charge is 2.32. The van der Waals surface area contributed by atoms with Crippen molar-refractivity contribution < 1.29 is 18.1 Å². The van der Waals surface area contributed by atoms with Gasteiger partial charge in [-0.2, -0.15) is 0 Å². The van der Waals surface area contributed by atoms with Crippen LogP contribution in [0.4, 0.5) is 0 Å². The molecule has 0 aromatic heterocycles. The van der Waals surface area contributed by atoms with Crippen molar-refractivity contribution in [2.45, 2.75) is 6.92 Å². The summed E-state index contributed by atoms with van der Waals surface area (Å²) in [5.74, 6) is 2.42. The van der Waals surface area contributed by atoms with Crippen LogP contribution in [-0.2, 0) is 18.1 Å². The van der Waals surface area contributed by atoms with Gasteiger partial charge in [0.1, 0.15) is 6.11 Å². The molecule has 0 spiro atoms. The lowest BCUT2D eigenvalue weighted by atomic mass is 10.8. The first-order valence-corrected chi connectivity index (χ1v) is 4.22. The second-order valence-corrected chi connectivity index (χ2v) is 3.15. The van der Waals surface area contributed by atoms with Gasteiger partial charge in [0.15, 0.2) is 0 Å². The van der Waals surface area contributed by atoms with Crippen LogP contribution in [0.3, 0.4) is 0 Å². The number of rotatable bonds is 1. The van der Waals surface area contributed by atoms with E-state index < -0.39 is 7.82 Å². The zero-order chi connectivity index (χ0) is 7.45. The van der Waals surface area contributed by atoms with E-state index >= 15 is 0 Å². The summed E-state index contributed by atoms with van der Waals surface area (Å²) in [5.41, 5.74) is 0. The summed E-state index contributed by atoms with van der Waals surface area (Å²) in [4.78, 5) is 0. The summed E-state index contributed by atoms with van der Waals surface area (Å²) in [6.07, 6.45) is 2.17. The Balaban J connectivity index is 2.49. The van der Waals surface area contributed by atoms with Gasteiger partial charge in [0.05, 0.1) is 13.2 Å². The van der Waals surface area contributed by atoms with Crippen molar-refractivity contribution in [3.63, 3.8) is 0 Å². The van der Waals surface area contributed by atoms with Crippen molar-refractivity contribution in [3.05, 3.63) is 0 Å². The summed E-state index contributed by atoms with van der Waals surface area (Å²) in [6.45, 7) is 2.19. The van der Waals surface area contributed by atoms with Crippen molar-refractivity contribution in [2.24, 2.45) is 0 Å². The number of phosphoric ester groups is 1. The summed E-state index contributed by atoms with van der Waals surface area (Å²) < 4.78 is 24.8. The zero-order valence-corrected chi connectivity index (χ0v) is 6.39. The zero-order valence-electron chi connectivity index (χ0n) is 5.49. The topological polar surface area (TPSA) is 44.8 Å². The normalized spacial score (nSPS) is 21.3. The predicted octanol–water partition coefficient (Wildman–Crippen LogP) is 1.14. The molecule has 1 rings (SSSR count). The molecule has 0 bridgehead atoms. The Morgan fingerprint density at radius 2 is 2.10 bits per heavy atom. The molecule has 1 saturated heterocycles. The highest BCUT2D eigenvalue weighted by Crippen LogP contribution is 2.52. The molecule has 1 heterocycles. The lowest BCUT2D eigenvalue weighted by Crippen LogP contribution is -1.81. The first-order valence-electron chi connectivity index (χ1n) is 2.76. The third kappa shape index (κ3) is 1.74. The van der Waals surface area contributed by atoms with Gasteiger partial charge in [-0.25, -0.2) is 4.57 Å². The molecule has 0 atom stereocenters. The quantitative estimate of drug-likeness (QED) is 0.428. The molecule has 0 aliphatic carbocycles. The van der Waals surface area contributed by atoms with E-state index in [2.05, 4.69) is 25.6 Å². The third-order valence-corrected chi connectivity index (χ3v) is 2.15. The fraction of sp³-hybridized carbons (Fsp3) is 0.600. The Kier molecular flexibility index (Phi) is 2.34. The van der Waals surface area contributed by atoms with E-state index in [0.29, 0.717) is 13.2 Å². The van der Waals surface area contributed by atoms with Gasteiger partial charge in [-0.05, 0) is 0 Å². The minimum Gasteiger partial charge on any atom is -0.350 e. The first kappa shape index (κ1) is 7.62. The van der Waals surface area contributed by atoms with E-state index in [4.69, 9.17) is 0 Å². The molecule has 0 aromatic carbocycles. The van der Waals surface area contributed by atoms with Gasteiger partial charge < -0.3 is 4.52 Å². The van der Waals surface area contributed by atoms with Gasteiger partial charge >= 0.3 is 7.82 Å². The number of hydrogen-bond acceptors (Lipinski definition) is 4. The Morgan fingerprint density at radius 3 is 2.60 bits per heavy atom. The highest BCUT2D eigenvalue weighted by molar-refractivity contribution is 7.48. The van der Waals surface area contributed by atoms with Gasteiger partial charge in [0.25, 0.3) is 0 Å². The van der Waals surface area contributed by atoms with Crippen LogP contribution in [0.15, 0.2) is 0 Å². The van der Waals surface area contributed by atoms with Crippen LogP contribution >= 0.6 is 7.82 Å². The smallest absolute Gasteiger partial charge is 0.350 e. The predicted molar refractivity (Wildman–Crippen MR) is 34.0 cm³/mol. The maximum absolute atomic E-state index is 11.0. The molecule has 0 aromatic rings. The fourth-order valence-corrected chi connectivity index (χ4v) is 1.47. The number of phosphoric acid groups is 1. The fourth-order valence-electron chi connectivity index (χ4n) is 0.490. The molecule has 1 aliphatic heterocycles. The van der Waals surface area contributed by atoms with Gasteiger partial charge in [0.2, 0.25) is 0 Å². The lowest BCUT2D eigenvalue weighted by molar-refractivity contribution is 0.257. The van der Waals surface area contributed by atoms with Crippen LogP contribution < -0.4 is 0 Å². The molecule has 1 fully saturated rings. The van der Waals surface area contributed by atoms with Gasteiger partial charge in [-0.3, -0.25) is 9.05 Å². The maximum atomic E-state index is 11.0. The minimum atomic E-state index is -3.26. The van der Waals surface area contributed by atoms with Crippen LogP contribution in [0, 0.1) is 12.0 Å². The minimum absolute atomic E-state index is 0.308. The Morgan fingerprint density at radius 1 is 1.50 bits per heavy atom. The van der Waals surface area contributed by atoms with Crippen molar-refractivity contribution in [3.8, 4) is 12.0 Å². The Labute approximate surface area is 59.1 Å². The number of hydrogen-bond donors (Lipinski definition) is 0. The average Bonchev–Trinajstić information content (AvgIpc) is 2.33. The molecule has 0 saturated carbocycles. The largest absolute Gasteiger partial charge is 0.538 e. The SMILES string of the molecule is CC#COP1(=O)OCCO1. The summed E-state index contributed by atoms with van der Waals surface area (Å²) in [7, 11) is -3.26. The Bertz CT molecular complexity index is 203. The van der Waals surface area contributed by atoms with Crippen molar-refractivity contribution >= 4 is 7.82 Å². The van der Waals surface area contributed by atoms with Crippen LogP contribution in [0.1, 0.15) is 6.92 Å². The van der Waals surface area contributed by atoms with Gasteiger partial charge in [0, 0.05) is 6.92 Å². The van der Waals surface area contributed by atoms with E-state index in [9.17, 15) is 4.57 Å². The molecule has 5 heteroatoms. The summed E-state index contributed by atoms with van der Waals surface area (Å²) >= 11 is 0. The summed E-state index contributed by atoms with van der Waals surface area (Å²) in [5, 5.41) is 0. The first-order chi connectivity index (χ1) is 4.77. The summed E-state index contributed by atoms with van der Waals surface area (Å²) in [6, 6.07) is 0. The second kappa shape index (κ2) is 3.07. The van der Waals surface area contributed by atoms with E-state index in [1.54, 1.807) is 6.92 Å². The third-order valence-electron chi connectivity index (χ3n) is 0.842. The Hall–Kier alpha value is -0.490. The molecular weight excluding hydrogens is 155 g/mol. The van der Waals surface area contributed by atoms with Crippen molar-refractivity contribution in [1.29, 1.82) is 0 Å². The van der Waals surface area contributed by atoms with Crippen LogP contribution in [0.5, 0.6) is 0 Å². The highest BCUT2D eigenvalue weighted by atomic mass is 31.2. The molecular formula is C5H7O4P. The average molecular weight is 162 g/mol. The van der Waals surface area contributed by atoms with E-state index in [1.807, 2.05) is 0 Å². The van der Waals surface area contributed by atoms with E-state index in [0.717, 1.165) is 0 Å². The molecule has 1 aliphatic rings. The van der Waals surface area contributed by atoms with Crippen LogP contribution in [0.2, 0.25) is 0 Å². The molecule has 0 N–H and O–H groups in total. The standard InChI is InChI=1S/C5H7O4P/c1-2-3-7-10(6)8-4-5-9-10/h4-5H2,1H3. The molecule has 0 radical (unpaired) electrons. The van der Waals surface area contributed by atoms with Crippen LogP contribution in [0.25, 0.3) is 0 Å². The molecule has 4 nitrogen and oxygen atoms in total. The molecule has 0 unspecified atom stereocenters. The maximum Gasteiger partial charge on any atom is 0.538 e. The molecule has 10 heavy (non-hydrogen) atoms. The van der Waals surface area contributed by atoms with E-state index in [1.165, 1.54) is 0 Å². The van der Waals surface area contributed by atoms with Crippen molar-refractivity contribution in [2.75, 3.05) is 13.2 Å². The second-order valence-electron chi connectivity index (χ2n) is 1.56. The van der Waals surface area contributed by atoms with Crippen molar-refractivity contribution in [1.82, 2.24) is 0 Å².